The van der Waals surface area contributed by atoms with Crippen molar-refractivity contribution < 1.29 is 14.4 Å². The van der Waals surface area contributed by atoms with Crippen LogP contribution in [0.25, 0.3) is 10.9 Å². The molecule has 2 heterocycles. The summed E-state index contributed by atoms with van der Waals surface area (Å²) in [6, 6.07) is 8.76. The highest BCUT2D eigenvalue weighted by molar-refractivity contribution is 5.93. The molecule has 2 aromatic carbocycles. The molecule has 0 saturated heterocycles. The molecule has 1 aliphatic heterocycles. The molecule has 0 bridgehead atoms. The van der Waals surface area contributed by atoms with Gasteiger partial charge in [0.25, 0.3) is 5.69 Å². The number of nitro groups is 1. The van der Waals surface area contributed by atoms with Crippen LogP contribution in [0, 0.1) is 10.1 Å². The van der Waals surface area contributed by atoms with E-state index < -0.39 is 0 Å². The Morgan fingerprint density at radius 1 is 1.11 bits per heavy atom. The van der Waals surface area contributed by atoms with E-state index >= 15 is 0 Å². The lowest BCUT2D eigenvalue weighted by atomic mass is 9.98. The van der Waals surface area contributed by atoms with Crippen molar-refractivity contribution in [2.24, 2.45) is 0 Å². The largest absolute Gasteiger partial charge is 0.493 e. The Hall–Kier alpha value is -3.42. The summed E-state index contributed by atoms with van der Waals surface area (Å²) in [7, 11) is 3.17. The van der Waals surface area contributed by atoms with Crippen LogP contribution in [0.2, 0.25) is 0 Å². The van der Waals surface area contributed by atoms with Crippen molar-refractivity contribution >= 4 is 22.3 Å². The van der Waals surface area contributed by atoms with Gasteiger partial charge in [-0.3, -0.25) is 10.1 Å². The number of benzene rings is 2. The van der Waals surface area contributed by atoms with Crippen molar-refractivity contribution in [1.29, 1.82) is 0 Å². The Balaban J connectivity index is 1.77. The maximum atomic E-state index is 11.1. The summed E-state index contributed by atoms with van der Waals surface area (Å²) in [5.74, 6) is 1.21. The molecule has 8 nitrogen and oxygen atoms in total. The van der Waals surface area contributed by atoms with E-state index in [0.717, 1.165) is 35.2 Å². The number of anilines is 1. The average Bonchev–Trinajstić information content (AvgIpc) is 2.71. The van der Waals surface area contributed by atoms with E-state index in [0.29, 0.717) is 23.6 Å². The summed E-state index contributed by atoms with van der Waals surface area (Å²) in [5, 5.41) is 20.3. The Labute approximate surface area is 155 Å². The van der Waals surface area contributed by atoms with E-state index in [1.165, 1.54) is 0 Å². The summed E-state index contributed by atoms with van der Waals surface area (Å²) < 4.78 is 10.8. The number of aromatic nitrogens is 2. The van der Waals surface area contributed by atoms with E-state index in [4.69, 9.17) is 9.47 Å². The summed E-state index contributed by atoms with van der Waals surface area (Å²) in [5.41, 5.74) is 3.83. The molecule has 27 heavy (non-hydrogen) atoms. The maximum absolute atomic E-state index is 11.1. The third-order valence-electron chi connectivity index (χ3n) is 4.88. The number of nitro benzene ring substituents is 1. The zero-order valence-corrected chi connectivity index (χ0v) is 15.0. The third kappa shape index (κ3) is 2.99. The van der Waals surface area contributed by atoms with Crippen LogP contribution in [0.1, 0.15) is 11.1 Å². The highest BCUT2D eigenvalue weighted by Gasteiger charge is 2.22. The molecular formula is C19H18N4O4. The van der Waals surface area contributed by atoms with Gasteiger partial charge >= 0.3 is 0 Å². The van der Waals surface area contributed by atoms with E-state index in [1.54, 1.807) is 38.6 Å². The van der Waals surface area contributed by atoms with Gasteiger partial charge in [-0.05, 0) is 23.6 Å². The van der Waals surface area contributed by atoms with Gasteiger partial charge in [0.05, 0.1) is 36.5 Å². The molecular weight excluding hydrogens is 348 g/mol. The van der Waals surface area contributed by atoms with Gasteiger partial charge in [0, 0.05) is 36.7 Å². The first kappa shape index (κ1) is 17.0. The molecule has 1 aliphatic rings. The summed E-state index contributed by atoms with van der Waals surface area (Å²) >= 11 is 0. The van der Waals surface area contributed by atoms with Gasteiger partial charge in [0.15, 0.2) is 11.5 Å². The molecule has 0 fully saturated rings. The first-order valence-electron chi connectivity index (χ1n) is 8.49. The normalized spacial score (nSPS) is 13.3. The fourth-order valence-electron chi connectivity index (χ4n) is 3.49. The number of rotatable bonds is 4. The molecule has 0 spiro atoms. The maximum Gasteiger partial charge on any atom is 0.269 e. The monoisotopic (exact) mass is 366 g/mol. The van der Waals surface area contributed by atoms with Crippen LogP contribution in [0.15, 0.2) is 36.5 Å². The van der Waals surface area contributed by atoms with E-state index in [1.807, 2.05) is 12.1 Å². The quantitative estimate of drug-likeness (QED) is 0.517. The predicted molar refractivity (Wildman–Crippen MR) is 100 cm³/mol. The van der Waals surface area contributed by atoms with E-state index in [9.17, 15) is 10.1 Å². The van der Waals surface area contributed by atoms with Gasteiger partial charge in [-0.15, -0.1) is 0 Å². The smallest absolute Gasteiger partial charge is 0.269 e. The number of methoxy groups -OCH3 is 2. The molecule has 4 rings (SSSR count). The van der Waals surface area contributed by atoms with Gasteiger partial charge in [-0.2, -0.15) is 10.2 Å². The second-order valence-electron chi connectivity index (χ2n) is 6.34. The van der Waals surface area contributed by atoms with Crippen molar-refractivity contribution in [1.82, 2.24) is 10.2 Å². The van der Waals surface area contributed by atoms with Crippen LogP contribution in [0.4, 0.5) is 11.4 Å². The van der Waals surface area contributed by atoms with Crippen LogP contribution in [-0.4, -0.2) is 35.9 Å². The van der Waals surface area contributed by atoms with Crippen molar-refractivity contribution in [3.63, 3.8) is 0 Å². The molecule has 0 radical (unpaired) electrons. The Kier molecular flexibility index (Phi) is 4.23. The standard InChI is InChI=1S/C19H18N4O4/c1-26-18-8-15-16(9-19(18)27-2)21-20-10-17(15)22-6-5-12-3-4-14(23(24)25)7-13(12)11-22/h3-4,7-10H,5-6,11H2,1-2H3. The Morgan fingerprint density at radius 3 is 2.63 bits per heavy atom. The van der Waals surface area contributed by atoms with Crippen molar-refractivity contribution in [2.75, 3.05) is 25.7 Å². The topological polar surface area (TPSA) is 90.6 Å². The molecule has 138 valence electrons. The highest BCUT2D eigenvalue weighted by atomic mass is 16.6. The lowest BCUT2D eigenvalue weighted by molar-refractivity contribution is -0.384. The van der Waals surface area contributed by atoms with Crippen molar-refractivity contribution in [3.8, 4) is 11.5 Å². The van der Waals surface area contributed by atoms with Crippen LogP contribution in [0.5, 0.6) is 11.5 Å². The van der Waals surface area contributed by atoms with Gasteiger partial charge in [0.2, 0.25) is 0 Å². The number of non-ortho nitro benzene ring substituents is 1. The number of ether oxygens (including phenoxy) is 2. The molecule has 3 aromatic rings. The minimum Gasteiger partial charge on any atom is -0.493 e. The molecule has 0 atom stereocenters. The van der Waals surface area contributed by atoms with Gasteiger partial charge < -0.3 is 14.4 Å². The minimum absolute atomic E-state index is 0.111. The Bertz CT molecular complexity index is 1040. The summed E-state index contributed by atoms with van der Waals surface area (Å²) in [6.07, 6.45) is 2.53. The SMILES string of the molecule is COc1cc2nncc(N3CCc4ccc([N+](=O)[O-])cc4C3)c2cc1OC. The number of fused-ring (bicyclic) bond motifs is 2. The number of nitrogens with zero attached hydrogens (tertiary/aromatic N) is 4. The zero-order chi connectivity index (χ0) is 19.0. The van der Waals surface area contributed by atoms with Gasteiger partial charge in [0.1, 0.15) is 0 Å². The fourth-order valence-corrected chi connectivity index (χ4v) is 3.49. The number of hydrogen-bond donors (Lipinski definition) is 0. The fraction of sp³-hybridized carbons (Fsp3) is 0.263. The highest BCUT2D eigenvalue weighted by Crippen LogP contribution is 2.36. The second-order valence-corrected chi connectivity index (χ2v) is 6.34. The van der Waals surface area contributed by atoms with Crippen molar-refractivity contribution in [2.45, 2.75) is 13.0 Å². The van der Waals surface area contributed by atoms with Gasteiger partial charge in [-0.25, -0.2) is 0 Å². The zero-order valence-electron chi connectivity index (χ0n) is 15.0. The van der Waals surface area contributed by atoms with Crippen LogP contribution < -0.4 is 14.4 Å². The van der Waals surface area contributed by atoms with Crippen LogP contribution in [0.3, 0.4) is 0 Å². The van der Waals surface area contributed by atoms with E-state index in [-0.39, 0.29) is 10.6 Å². The first-order chi connectivity index (χ1) is 13.1. The lowest BCUT2D eigenvalue weighted by Gasteiger charge is -2.31. The van der Waals surface area contributed by atoms with Crippen LogP contribution in [-0.2, 0) is 13.0 Å². The molecule has 0 unspecified atom stereocenters. The Morgan fingerprint density at radius 2 is 1.89 bits per heavy atom. The molecule has 0 amide bonds. The predicted octanol–water partition coefficient (Wildman–Crippen LogP) is 3.12. The average molecular weight is 366 g/mol. The van der Waals surface area contributed by atoms with Gasteiger partial charge in [-0.1, -0.05) is 6.07 Å². The van der Waals surface area contributed by atoms with Crippen molar-refractivity contribution in [3.05, 3.63) is 57.8 Å². The molecule has 0 saturated carbocycles. The first-order valence-corrected chi connectivity index (χ1v) is 8.49. The van der Waals surface area contributed by atoms with Crippen LogP contribution >= 0.6 is 0 Å². The second kappa shape index (κ2) is 6.71. The summed E-state index contributed by atoms with van der Waals surface area (Å²) in [4.78, 5) is 12.9. The number of hydrogen-bond acceptors (Lipinski definition) is 7. The summed E-state index contributed by atoms with van der Waals surface area (Å²) in [6.45, 7) is 1.37. The lowest BCUT2D eigenvalue weighted by Crippen LogP contribution is -2.30. The molecule has 1 aromatic heterocycles. The molecule has 0 aliphatic carbocycles. The molecule has 0 N–H and O–H groups in total. The minimum atomic E-state index is -0.361. The molecule has 8 heteroatoms. The third-order valence-corrected chi connectivity index (χ3v) is 4.88. The van der Waals surface area contributed by atoms with E-state index in [2.05, 4.69) is 15.1 Å².